The van der Waals surface area contributed by atoms with E-state index in [1.54, 1.807) is 0 Å². The van der Waals surface area contributed by atoms with E-state index >= 15 is 0 Å². The maximum atomic E-state index is 10.8. The van der Waals surface area contributed by atoms with Gasteiger partial charge in [0.05, 0.1) is 23.6 Å². The smallest absolute Gasteiger partial charge is 0.339 e. The molecule has 0 aliphatic rings. The van der Waals surface area contributed by atoms with Crippen LogP contribution in [0.5, 0.6) is 0 Å². The summed E-state index contributed by atoms with van der Waals surface area (Å²) in [7, 11) is 0. The molecule has 0 radical (unpaired) electrons. The van der Waals surface area contributed by atoms with Crippen molar-refractivity contribution in [1.29, 1.82) is 0 Å². The van der Waals surface area contributed by atoms with Crippen molar-refractivity contribution in [3.63, 3.8) is 0 Å². The molecule has 0 aliphatic carbocycles. The van der Waals surface area contributed by atoms with Gasteiger partial charge in [0.1, 0.15) is 5.56 Å². The molecule has 0 aliphatic heterocycles. The zero-order chi connectivity index (χ0) is 11.6. The summed E-state index contributed by atoms with van der Waals surface area (Å²) < 4.78 is 1.50. The lowest BCUT2D eigenvalue weighted by Crippen LogP contribution is -2.25. The summed E-state index contributed by atoms with van der Waals surface area (Å²) >= 11 is 0. The Hall–Kier alpha value is -1.85. The van der Waals surface area contributed by atoms with E-state index in [0.717, 1.165) is 6.21 Å². The molecule has 0 atom stereocenters. The van der Waals surface area contributed by atoms with Crippen LogP contribution in [0.25, 0.3) is 0 Å². The molecule has 0 spiro atoms. The van der Waals surface area contributed by atoms with Crippen molar-refractivity contribution in [3.05, 3.63) is 17.5 Å². The van der Waals surface area contributed by atoms with E-state index in [4.69, 9.17) is 10.3 Å². The molecule has 82 valence electrons. The minimum absolute atomic E-state index is 0.0164. The van der Waals surface area contributed by atoms with Crippen LogP contribution in [0.1, 0.15) is 36.8 Å². The first-order valence-electron chi connectivity index (χ1n) is 4.37. The lowest BCUT2D eigenvalue weighted by atomic mass is 10.1. The Labute approximate surface area is 86.8 Å². The predicted octanol–water partition coefficient (Wildman–Crippen LogP) is 1.14. The quantitative estimate of drug-likeness (QED) is 0.436. The highest BCUT2D eigenvalue weighted by Gasteiger charge is 2.22. The van der Waals surface area contributed by atoms with Crippen molar-refractivity contribution in [2.24, 2.45) is 5.16 Å². The SMILES string of the molecule is CC(C)(C)n1ncc(C(=O)O)c1/C=N\O. The second-order valence-electron chi connectivity index (χ2n) is 4.08. The summed E-state index contributed by atoms with van der Waals surface area (Å²) in [5.74, 6) is -1.10. The van der Waals surface area contributed by atoms with E-state index in [1.807, 2.05) is 20.8 Å². The summed E-state index contributed by atoms with van der Waals surface area (Å²) in [6.45, 7) is 5.63. The largest absolute Gasteiger partial charge is 0.478 e. The number of aromatic carboxylic acids is 1. The minimum atomic E-state index is -1.10. The van der Waals surface area contributed by atoms with Crippen LogP contribution in [0, 0.1) is 0 Å². The highest BCUT2D eigenvalue weighted by Crippen LogP contribution is 2.17. The summed E-state index contributed by atoms with van der Waals surface area (Å²) in [5.41, 5.74) is -0.0789. The second-order valence-corrected chi connectivity index (χ2v) is 4.08. The van der Waals surface area contributed by atoms with Crippen molar-refractivity contribution < 1.29 is 15.1 Å². The number of carboxylic acid groups (broad SMARTS) is 1. The van der Waals surface area contributed by atoms with E-state index in [1.165, 1.54) is 10.9 Å². The van der Waals surface area contributed by atoms with Crippen LogP contribution in [-0.2, 0) is 5.54 Å². The summed E-state index contributed by atoms with van der Waals surface area (Å²) in [5, 5.41) is 24.2. The normalized spacial score (nSPS) is 12.2. The molecule has 6 nitrogen and oxygen atoms in total. The van der Waals surface area contributed by atoms with Gasteiger partial charge in [-0.2, -0.15) is 5.10 Å². The van der Waals surface area contributed by atoms with Gasteiger partial charge in [0.2, 0.25) is 0 Å². The van der Waals surface area contributed by atoms with Gasteiger partial charge >= 0.3 is 5.97 Å². The molecule has 0 aromatic carbocycles. The minimum Gasteiger partial charge on any atom is -0.478 e. The Balaban J connectivity index is 3.37. The summed E-state index contributed by atoms with van der Waals surface area (Å²) in [6, 6.07) is 0. The number of hydrogen-bond acceptors (Lipinski definition) is 4. The van der Waals surface area contributed by atoms with Gasteiger partial charge in [0, 0.05) is 0 Å². The first kappa shape index (κ1) is 11.2. The average molecular weight is 211 g/mol. The van der Waals surface area contributed by atoms with Crippen molar-refractivity contribution >= 4 is 12.2 Å². The second kappa shape index (κ2) is 3.72. The Kier molecular flexibility index (Phi) is 2.78. The van der Waals surface area contributed by atoms with E-state index < -0.39 is 5.97 Å². The molecule has 1 rings (SSSR count). The van der Waals surface area contributed by atoms with Crippen molar-refractivity contribution in [2.75, 3.05) is 0 Å². The van der Waals surface area contributed by atoms with Crippen molar-refractivity contribution in [2.45, 2.75) is 26.3 Å². The number of carboxylic acids is 1. The van der Waals surface area contributed by atoms with E-state index in [9.17, 15) is 4.79 Å². The Morgan fingerprint density at radius 2 is 2.20 bits per heavy atom. The lowest BCUT2D eigenvalue weighted by molar-refractivity contribution is 0.0696. The molecular formula is C9H13N3O3. The Morgan fingerprint density at radius 3 is 2.60 bits per heavy atom. The van der Waals surface area contributed by atoms with Gasteiger partial charge < -0.3 is 10.3 Å². The monoisotopic (exact) mass is 211 g/mol. The molecule has 0 saturated carbocycles. The zero-order valence-corrected chi connectivity index (χ0v) is 8.80. The highest BCUT2D eigenvalue weighted by atomic mass is 16.4. The number of nitrogens with zero attached hydrogens (tertiary/aromatic N) is 3. The van der Waals surface area contributed by atoms with E-state index in [0.29, 0.717) is 0 Å². The summed E-state index contributed by atoms with van der Waals surface area (Å²) in [4.78, 5) is 10.8. The van der Waals surface area contributed by atoms with Gasteiger partial charge in [-0.05, 0) is 20.8 Å². The molecule has 0 bridgehead atoms. The molecule has 0 amide bonds. The molecule has 1 heterocycles. The Morgan fingerprint density at radius 1 is 1.60 bits per heavy atom. The molecule has 15 heavy (non-hydrogen) atoms. The zero-order valence-electron chi connectivity index (χ0n) is 8.80. The molecule has 0 fully saturated rings. The number of hydrogen-bond donors (Lipinski definition) is 2. The van der Waals surface area contributed by atoms with Gasteiger partial charge in [-0.15, -0.1) is 0 Å². The molecule has 6 heteroatoms. The molecule has 1 aromatic rings. The maximum Gasteiger partial charge on any atom is 0.339 e. The number of rotatable bonds is 2. The van der Waals surface area contributed by atoms with Crippen LogP contribution in [-0.4, -0.2) is 32.3 Å². The van der Waals surface area contributed by atoms with E-state index in [-0.39, 0.29) is 16.8 Å². The average Bonchev–Trinajstić information content (AvgIpc) is 2.47. The van der Waals surface area contributed by atoms with Crippen LogP contribution >= 0.6 is 0 Å². The number of aromatic nitrogens is 2. The van der Waals surface area contributed by atoms with Gasteiger partial charge in [-0.25, -0.2) is 4.79 Å². The number of oxime groups is 1. The third-order valence-corrected chi connectivity index (χ3v) is 1.85. The summed E-state index contributed by atoms with van der Waals surface area (Å²) in [6.07, 6.45) is 2.31. The molecule has 0 saturated heterocycles. The van der Waals surface area contributed by atoms with Gasteiger partial charge in [-0.3, -0.25) is 4.68 Å². The topological polar surface area (TPSA) is 87.7 Å². The molecule has 1 aromatic heterocycles. The standard InChI is InChI=1S/C9H13N3O3/c1-9(2,3)12-7(5-11-15)6(4-10-12)8(13)14/h4-5,15H,1-3H3,(H,13,14)/b11-5-. The van der Waals surface area contributed by atoms with Crippen LogP contribution in [0.3, 0.4) is 0 Å². The van der Waals surface area contributed by atoms with Crippen molar-refractivity contribution in [3.8, 4) is 0 Å². The third-order valence-electron chi connectivity index (χ3n) is 1.85. The van der Waals surface area contributed by atoms with E-state index in [2.05, 4.69) is 10.3 Å². The number of carbonyl (C=O) groups is 1. The fraction of sp³-hybridized carbons (Fsp3) is 0.444. The molecular weight excluding hydrogens is 198 g/mol. The van der Waals surface area contributed by atoms with Crippen LogP contribution in [0.15, 0.2) is 11.4 Å². The van der Waals surface area contributed by atoms with Gasteiger partial charge in [-0.1, -0.05) is 5.16 Å². The fourth-order valence-electron chi connectivity index (χ4n) is 1.24. The van der Waals surface area contributed by atoms with Crippen LogP contribution in [0.2, 0.25) is 0 Å². The molecule has 0 unspecified atom stereocenters. The maximum absolute atomic E-state index is 10.8. The van der Waals surface area contributed by atoms with Crippen LogP contribution in [0.4, 0.5) is 0 Å². The van der Waals surface area contributed by atoms with Gasteiger partial charge in [0.15, 0.2) is 0 Å². The Bertz CT molecular complexity index is 401. The lowest BCUT2D eigenvalue weighted by Gasteiger charge is -2.21. The fourth-order valence-corrected chi connectivity index (χ4v) is 1.24. The predicted molar refractivity (Wildman–Crippen MR) is 53.6 cm³/mol. The first-order valence-corrected chi connectivity index (χ1v) is 4.37. The highest BCUT2D eigenvalue weighted by molar-refractivity contribution is 5.97. The first-order chi connectivity index (χ1) is 6.88. The third kappa shape index (κ3) is 2.15. The van der Waals surface area contributed by atoms with Crippen LogP contribution < -0.4 is 0 Å². The molecule has 2 N–H and O–H groups in total. The van der Waals surface area contributed by atoms with Crippen molar-refractivity contribution in [1.82, 2.24) is 9.78 Å². The van der Waals surface area contributed by atoms with Gasteiger partial charge in [0.25, 0.3) is 0 Å².